The topological polar surface area (TPSA) is 50.4 Å². The number of amides is 1. The molecule has 0 aromatic rings. The molecule has 0 radical (unpaired) electrons. The summed E-state index contributed by atoms with van der Waals surface area (Å²) >= 11 is 0. The highest BCUT2D eigenvalue weighted by molar-refractivity contribution is 5.81. The van der Waals surface area contributed by atoms with Gasteiger partial charge in [-0.05, 0) is 31.8 Å². The Hall–Kier alpha value is -0.610. The third kappa shape index (κ3) is 2.00. The van der Waals surface area contributed by atoms with Crippen LogP contribution in [0.3, 0.4) is 0 Å². The summed E-state index contributed by atoms with van der Waals surface area (Å²) in [7, 11) is 0. The molecule has 2 aliphatic rings. The number of rotatable bonds is 1. The maximum absolute atomic E-state index is 11.4. The largest absolute Gasteiger partial charge is 0.366 e. The first-order chi connectivity index (χ1) is 6.38. The van der Waals surface area contributed by atoms with Gasteiger partial charge in [0.2, 0.25) is 5.91 Å². The molecule has 1 amide bonds. The third-order valence-corrected chi connectivity index (χ3v) is 2.77. The minimum atomic E-state index is -0.184. The third-order valence-electron chi connectivity index (χ3n) is 2.77. The Labute approximate surface area is 78.0 Å². The van der Waals surface area contributed by atoms with E-state index < -0.39 is 0 Å². The molecule has 0 aliphatic carbocycles. The molecule has 13 heavy (non-hydrogen) atoms. The van der Waals surface area contributed by atoms with Crippen molar-refractivity contribution in [1.82, 2.24) is 10.6 Å². The first-order valence-corrected chi connectivity index (χ1v) is 4.98. The number of piperidine rings is 1. The molecule has 0 bridgehead atoms. The first kappa shape index (κ1) is 8.97. The van der Waals surface area contributed by atoms with Gasteiger partial charge in [-0.15, -0.1) is 0 Å². The Morgan fingerprint density at radius 1 is 1.23 bits per heavy atom. The van der Waals surface area contributed by atoms with Crippen molar-refractivity contribution >= 4 is 5.91 Å². The average Bonchev–Trinajstić information content (AvgIpc) is 2.20. The molecule has 0 aromatic heterocycles. The highest BCUT2D eigenvalue weighted by Gasteiger charge is 2.31. The van der Waals surface area contributed by atoms with Crippen LogP contribution in [0.5, 0.6) is 0 Å². The van der Waals surface area contributed by atoms with Crippen molar-refractivity contribution in [2.45, 2.75) is 18.9 Å². The standard InChI is InChI=1S/C9H16N2O2/c12-9-8(13-6-5-11-9)7-1-3-10-4-2-7/h7-8,10H,1-6H2,(H,11,12). The lowest BCUT2D eigenvalue weighted by Gasteiger charge is -2.32. The zero-order valence-corrected chi connectivity index (χ0v) is 7.71. The SMILES string of the molecule is O=C1NCCOC1C1CCNCC1. The summed E-state index contributed by atoms with van der Waals surface area (Å²) in [4.78, 5) is 11.4. The molecule has 0 aromatic carbocycles. The van der Waals surface area contributed by atoms with Crippen LogP contribution in [0.2, 0.25) is 0 Å². The molecule has 4 heteroatoms. The van der Waals surface area contributed by atoms with Crippen molar-refractivity contribution in [1.29, 1.82) is 0 Å². The van der Waals surface area contributed by atoms with E-state index >= 15 is 0 Å². The summed E-state index contributed by atoms with van der Waals surface area (Å²) in [5.74, 6) is 0.500. The summed E-state index contributed by atoms with van der Waals surface area (Å²) < 4.78 is 5.49. The maximum atomic E-state index is 11.4. The smallest absolute Gasteiger partial charge is 0.249 e. The van der Waals surface area contributed by atoms with Crippen molar-refractivity contribution in [2.24, 2.45) is 5.92 Å². The number of ether oxygens (including phenoxy) is 1. The second-order valence-corrected chi connectivity index (χ2v) is 3.67. The quantitative estimate of drug-likeness (QED) is 0.577. The molecule has 1 unspecified atom stereocenters. The molecule has 2 aliphatic heterocycles. The Kier molecular flexibility index (Phi) is 2.80. The Morgan fingerprint density at radius 3 is 2.69 bits per heavy atom. The van der Waals surface area contributed by atoms with E-state index in [1.165, 1.54) is 0 Å². The number of carbonyl (C=O) groups is 1. The zero-order chi connectivity index (χ0) is 9.10. The van der Waals surface area contributed by atoms with Crippen LogP contribution in [0, 0.1) is 5.92 Å². The number of carbonyl (C=O) groups excluding carboxylic acids is 1. The van der Waals surface area contributed by atoms with Crippen molar-refractivity contribution < 1.29 is 9.53 Å². The van der Waals surface area contributed by atoms with Gasteiger partial charge in [0.05, 0.1) is 6.61 Å². The van der Waals surface area contributed by atoms with E-state index in [4.69, 9.17) is 4.74 Å². The van der Waals surface area contributed by atoms with E-state index in [1.54, 1.807) is 0 Å². The fourth-order valence-corrected chi connectivity index (χ4v) is 2.03. The van der Waals surface area contributed by atoms with Crippen LogP contribution in [0.1, 0.15) is 12.8 Å². The van der Waals surface area contributed by atoms with Crippen LogP contribution in [0.15, 0.2) is 0 Å². The molecule has 1 atom stereocenters. The highest BCUT2D eigenvalue weighted by atomic mass is 16.5. The molecule has 4 nitrogen and oxygen atoms in total. The van der Waals surface area contributed by atoms with Crippen molar-refractivity contribution in [3.05, 3.63) is 0 Å². The number of hydrogen-bond donors (Lipinski definition) is 2. The fraction of sp³-hybridized carbons (Fsp3) is 0.889. The molecule has 0 spiro atoms. The summed E-state index contributed by atoms with van der Waals surface area (Å²) in [5.41, 5.74) is 0. The predicted molar refractivity (Wildman–Crippen MR) is 48.3 cm³/mol. The number of nitrogens with one attached hydrogen (secondary N) is 2. The van der Waals surface area contributed by atoms with Gasteiger partial charge in [-0.2, -0.15) is 0 Å². The average molecular weight is 184 g/mol. The van der Waals surface area contributed by atoms with E-state index in [0.717, 1.165) is 25.9 Å². The Bertz CT molecular complexity index is 190. The molecule has 2 fully saturated rings. The Morgan fingerprint density at radius 2 is 2.00 bits per heavy atom. The van der Waals surface area contributed by atoms with E-state index in [1.807, 2.05) is 0 Å². The molecular weight excluding hydrogens is 168 g/mol. The molecule has 2 rings (SSSR count). The van der Waals surface area contributed by atoms with Crippen LogP contribution in [0.4, 0.5) is 0 Å². The van der Waals surface area contributed by atoms with Gasteiger partial charge in [-0.1, -0.05) is 0 Å². The van der Waals surface area contributed by atoms with Gasteiger partial charge in [-0.25, -0.2) is 0 Å². The second-order valence-electron chi connectivity index (χ2n) is 3.67. The minimum absolute atomic E-state index is 0.0816. The first-order valence-electron chi connectivity index (χ1n) is 4.98. The van der Waals surface area contributed by atoms with Crippen LogP contribution in [0.25, 0.3) is 0 Å². The van der Waals surface area contributed by atoms with Gasteiger partial charge in [0.25, 0.3) is 0 Å². The lowest BCUT2D eigenvalue weighted by atomic mass is 9.91. The van der Waals surface area contributed by atoms with Gasteiger partial charge < -0.3 is 15.4 Å². The van der Waals surface area contributed by atoms with Crippen LogP contribution in [-0.4, -0.2) is 38.3 Å². The summed E-state index contributed by atoms with van der Waals surface area (Å²) in [6, 6.07) is 0. The molecule has 0 saturated carbocycles. The van der Waals surface area contributed by atoms with E-state index in [-0.39, 0.29) is 12.0 Å². The fourth-order valence-electron chi connectivity index (χ4n) is 2.03. The van der Waals surface area contributed by atoms with Gasteiger partial charge in [0.15, 0.2) is 0 Å². The summed E-state index contributed by atoms with van der Waals surface area (Å²) in [5, 5.41) is 6.13. The number of morpholine rings is 1. The summed E-state index contributed by atoms with van der Waals surface area (Å²) in [6.45, 7) is 3.36. The second kappa shape index (κ2) is 4.07. The number of hydrogen-bond acceptors (Lipinski definition) is 3. The lowest BCUT2D eigenvalue weighted by molar-refractivity contribution is -0.142. The molecule has 2 N–H and O–H groups in total. The molecule has 2 heterocycles. The van der Waals surface area contributed by atoms with Crippen molar-refractivity contribution in [3.8, 4) is 0 Å². The van der Waals surface area contributed by atoms with Crippen LogP contribution < -0.4 is 10.6 Å². The van der Waals surface area contributed by atoms with E-state index in [9.17, 15) is 4.79 Å². The van der Waals surface area contributed by atoms with Gasteiger partial charge in [0.1, 0.15) is 6.10 Å². The van der Waals surface area contributed by atoms with Gasteiger partial charge >= 0.3 is 0 Å². The highest BCUT2D eigenvalue weighted by Crippen LogP contribution is 2.20. The molecule has 2 saturated heterocycles. The van der Waals surface area contributed by atoms with Crippen LogP contribution in [-0.2, 0) is 9.53 Å². The van der Waals surface area contributed by atoms with Crippen molar-refractivity contribution in [2.75, 3.05) is 26.2 Å². The van der Waals surface area contributed by atoms with Crippen LogP contribution >= 0.6 is 0 Å². The maximum Gasteiger partial charge on any atom is 0.249 e. The summed E-state index contributed by atoms with van der Waals surface area (Å²) in [6.07, 6.45) is 1.92. The molecular formula is C9H16N2O2. The van der Waals surface area contributed by atoms with Gasteiger partial charge in [0, 0.05) is 6.54 Å². The lowest BCUT2D eigenvalue weighted by Crippen LogP contribution is -2.50. The molecule has 74 valence electrons. The van der Waals surface area contributed by atoms with Crippen molar-refractivity contribution in [3.63, 3.8) is 0 Å². The predicted octanol–water partition coefficient (Wildman–Crippen LogP) is -0.499. The van der Waals surface area contributed by atoms with Gasteiger partial charge in [-0.3, -0.25) is 4.79 Å². The minimum Gasteiger partial charge on any atom is -0.366 e. The monoisotopic (exact) mass is 184 g/mol. The Balaban J connectivity index is 1.92. The van der Waals surface area contributed by atoms with E-state index in [2.05, 4.69) is 10.6 Å². The van der Waals surface area contributed by atoms with E-state index in [0.29, 0.717) is 19.1 Å². The zero-order valence-electron chi connectivity index (χ0n) is 7.71. The normalized spacial score (nSPS) is 31.4.